The Morgan fingerprint density at radius 1 is 0.897 bits per heavy atom. The van der Waals surface area contributed by atoms with Crippen molar-refractivity contribution >= 4 is 75.0 Å². The number of fused-ring (bicyclic) bond motifs is 2. The zero-order valence-corrected chi connectivity index (χ0v) is 33.7. The number of nitrogens with zero attached hydrogens (tertiary/aromatic N) is 5. The number of carbonyl (C=O) groups is 3. The predicted octanol–water partition coefficient (Wildman–Crippen LogP) is 8.69. The molecule has 6 aromatic rings. The molecule has 3 aliphatic heterocycles. The van der Waals surface area contributed by atoms with Crippen LogP contribution in [-0.2, 0) is 4.74 Å². The van der Waals surface area contributed by atoms with E-state index in [1.54, 1.807) is 42.7 Å². The maximum absolute atomic E-state index is 15.1. The summed E-state index contributed by atoms with van der Waals surface area (Å²) < 4.78 is 7.07. The third kappa shape index (κ3) is 6.63. The Balaban J connectivity index is 1.14. The van der Waals surface area contributed by atoms with Crippen LogP contribution in [0.4, 0.5) is 16.2 Å². The first-order chi connectivity index (χ1) is 28.1. The SMILES string of the molecule is COC(=O)c1ccc(N2CCC(NC(=O)N3CCCC3)CC2)c(N(N)C(=O)c2[nH]c3cc(Cl)cc4c3c2-c2c(-c3ccccc3)ncn2[C@@H]4c2ccc(Cl)cc2Cl)c1. The van der Waals surface area contributed by atoms with Gasteiger partial charge >= 0.3 is 12.0 Å². The van der Waals surface area contributed by atoms with Crippen molar-refractivity contribution in [2.45, 2.75) is 37.8 Å². The highest BCUT2D eigenvalue weighted by molar-refractivity contribution is 6.35. The van der Waals surface area contributed by atoms with Gasteiger partial charge in [0.05, 0.1) is 47.8 Å². The number of hydrogen-bond acceptors (Lipinski definition) is 7. The quantitative estimate of drug-likeness (QED) is 0.0632. The van der Waals surface area contributed by atoms with Gasteiger partial charge < -0.3 is 29.4 Å². The number of H-pyrrole nitrogens is 1. The van der Waals surface area contributed by atoms with Gasteiger partial charge in [0.15, 0.2) is 0 Å². The predicted molar refractivity (Wildman–Crippen MR) is 227 cm³/mol. The molecule has 3 aliphatic rings. The second-order valence-corrected chi connectivity index (χ2v) is 16.1. The van der Waals surface area contributed by atoms with Crippen LogP contribution in [0.5, 0.6) is 0 Å². The number of piperidine rings is 1. The molecule has 0 unspecified atom stereocenters. The maximum Gasteiger partial charge on any atom is 0.337 e. The maximum atomic E-state index is 15.1. The van der Waals surface area contributed by atoms with Crippen molar-refractivity contribution in [1.82, 2.24) is 24.8 Å². The molecule has 9 rings (SSSR count). The highest BCUT2D eigenvalue weighted by Gasteiger charge is 2.38. The van der Waals surface area contributed by atoms with E-state index in [-0.39, 0.29) is 23.3 Å². The van der Waals surface area contributed by atoms with E-state index >= 15 is 4.79 Å². The number of carbonyl (C=O) groups excluding carboxylic acids is 3. The van der Waals surface area contributed by atoms with Gasteiger partial charge in [-0.25, -0.2) is 25.4 Å². The summed E-state index contributed by atoms with van der Waals surface area (Å²) in [4.78, 5) is 53.1. The molecule has 58 heavy (non-hydrogen) atoms. The van der Waals surface area contributed by atoms with Crippen LogP contribution in [0.25, 0.3) is 33.4 Å². The number of hydrogen-bond donors (Lipinski definition) is 3. The molecule has 0 aliphatic carbocycles. The molecule has 15 heteroatoms. The number of aromatic amines is 1. The van der Waals surface area contributed by atoms with E-state index in [1.807, 2.05) is 51.9 Å². The van der Waals surface area contributed by atoms with Gasteiger partial charge in [-0.1, -0.05) is 71.2 Å². The number of amides is 3. The van der Waals surface area contributed by atoms with Gasteiger partial charge in [-0.2, -0.15) is 0 Å². The minimum absolute atomic E-state index is 0.00784. The summed E-state index contributed by atoms with van der Waals surface area (Å²) in [5.41, 5.74) is 6.40. The summed E-state index contributed by atoms with van der Waals surface area (Å²) >= 11 is 20.1. The largest absolute Gasteiger partial charge is 0.465 e. The first-order valence-corrected chi connectivity index (χ1v) is 20.3. The molecule has 0 saturated carbocycles. The van der Waals surface area contributed by atoms with E-state index in [1.165, 1.54) is 7.11 Å². The molecule has 4 N–H and O–H groups in total. The average molecular weight is 838 g/mol. The highest BCUT2D eigenvalue weighted by Crippen LogP contribution is 2.51. The number of nitrogens with two attached hydrogens (primary N) is 1. The number of aromatic nitrogens is 3. The van der Waals surface area contributed by atoms with Crippen molar-refractivity contribution in [2.24, 2.45) is 5.84 Å². The molecule has 2 aromatic heterocycles. The fourth-order valence-electron chi connectivity index (χ4n) is 8.65. The van der Waals surface area contributed by atoms with Crippen LogP contribution in [0, 0.1) is 0 Å². The van der Waals surface area contributed by atoms with Gasteiger partial charge in [0.25, 0.3) is 5.91 Å². The van der Waals surface area contributed by atoms with Gasteiger partial charge in [-0.15, -0.1) is 0 Å². The molecule has 1 atom stereocenters. The Hall–Kier alpha value is -5.53. The average Bonchev–Trinajstić information content (AvgIpc) is 4.01. The molecule has 12 nitrogen and oxygen atoms in total. The van der Waals surface area contributed by atoms with Crippen LogP contribution >= 0.6 is 34.8 Å². The topological polar surface area (TPSA) is 142 Å². The van der Waals surface area contributed by atoms with Gasteiger partial charge in [0, 0.05) is 69.3 Å². The molecule has 4 aromatic carbocycles. The third-order valence-corrected chi connectivity index (χ3v) is 12.2. The smallest absolute Gasteiger partial charge is 0.337 e. The molecule has 2 fully saturated rings. The minimum atomic E-state index is -0.569. The Bertz CT molecular complexity index is 2600. The number of halogens is 3. The fraction of sp³-hybridized carbons (Fsp3) is 0.256. The number of ether oxygens (including phenoxy) is 1. The van der Waals surface area contributed by atoms with E-state index in [2.05, 4.69) is 15.2 Å². The molecule has 5 heterocycles. The second-order valence-electron chi connectivity index (χ2n) is 14.9. The van der Waals surface area contributed by atoms with Crippen LogP contribution in [0.1, 0.15) is 63.7 Å². The monoisotopic (exact) mass is 836 g/mol. The molecule has 0 bridgehead atoms. The van der Waals surface area contributed by atoms with E-state index in [9.17, 15) is 9.59 Å². The Kier molecular flexibility index (Phi) is 10.0. The molecular formula is C43H39Cl3N8O4. The number of esters is 1. The van der Waals surface area contributed by atoms with E-state index in [0.717, 1.165) is 53.0 Å². The third-order valence-electron chi connectivity index (χ3n) is 11.4. The van der Waals surface area contributed by atoms with Crippen molar-refractivity contribution in [2.75, 3.05) is 43.2 Å². The number of methoxy groups -OCH3 is 1. The summed E-state index contributed by atoms with van der Waals surface area (Å²) in [5.74, 6) is 5.80. The Labute approximate surface area is 349 Å². The Morgan fingerprint density at radius 2 is 1.66 bits per heavy atom. The first kappa shape index (κ1) is 38.0. The molecule has 296 valence electrons. The number of anilines is 2. The second kappa shape index (κ2) is 15.3. The number of benzene rings is 4. The number of nitrogens with one attached hydrogen (secondary N) is 2. The fourth-order valence-corrected chi connectivity index (χ4v) is 9.39. The number of likely N-dealkylation sites (tertiary alicyclic amines) is 1. The molecular weight excluding hydrogens is 799 g/mol. The van der Waals surface area contributed by atoms with Crippen molar-refractivity contribution in [3.8, 4) is 22.5 Å². The lowest BCUT2D eigenvalue weighted by Gasteiger charge is -2.36. The van der Waals surface area contributed by atoms with Crippen LogP contribution in [0.15, 0.2) is 85.2 Å². The van der Waals surface area contributed by atoms with Gasteiger partial charge in [0.2, 0.25) is 0 Å². The number of rotatable bonds is 7. The lowest BCUT2D eigenvalue weighted by Crippen LogP contribution is -2.49. The standard InChI is InChI=1S/C43H39Cl3N8O4/c1-58-42(56)25-9-12-33(51-17-13-28(14-18-51)49-43(57)52-15-5-6-16-52)34(19-25)54(47)41(55)38-36-35-30(20-27(45)22-32(35)50-38)39(29-11-10-26(44)21-31(29)46)53-23-48-37(40(36)53)24-7-3-2-4-8-24/h2-4,7-12,19-23,28,39,50H,5-6,13-18,47H2,1H3,(H,49,57)/t39-/m1/s1. The summed E-state index contributed by atoms with van der Waals surface area (Å²) in [6.45, 7) is 2.73. The summed E-state index contributed by atoms with van der Waals surface area (Å²) in [6, 6.07) is 23.3. The first-order valence-electron chi connectivity index (χ1n) is 19.2. The van der Waals surface area contributed by atoms with Crippen molar-refractivity contribution in [3.63, 3.8) is 0 Å². The van der Waals surface area contributed by atoms with Gasteiger partial charge in [0.1, 0.15) is 5.69 Å². The zero-order chi connectivity index (χ0) is 40.2. The number of urea groups is 1. The zero-order valence-electron chi connectivity index (χ0n) is 31.5. The van der Waals surface area contributed by atoms with Gasteiger partial charge in [-0.3, -0.25) is 4.79 Å². The molecule has 0 radical (unpaired) electrons. The normalized spacial score (nSPS) is 16.4. The lowest BCUT2D eigenvalue weighted by atomic mass is 9.87. The van der Waals surface area contributed by atoms with E-state index in [4.69, 9.17) is 50.4 Å². The summed E-state index contributed by atoms with van der Waals surface area (Å²) in [7, 11) is 1.30. The van der Waals surface area contributed by atoms with Crippen molar-refractivity contribution in [3.05, 3.63) is 123 Å². The number of imidazole rings is 1. The molecule has 2 saturated heterocycles. The van der Waals surface area contributed by atoms with E-state index < -0.39 is 17.9 Å². The lowest BCUT2D eigenvalue weighted by molar-refractivity contribution is 0.0600. The minimum Gasteiger partial charge on any atom is -0.465 e. The molecule has 0 spiro atoms. The van der Waals surface area contributed by atoms with Crippen molar-refractivity contribution < 1.29 is 19.1 Å². The van der Waals surface area contributed by atoms with Crippen LogP contribution in [0.2, 0.25) is 15.1 Å². The Morgan fingerprint density at radius 3 is 2.38 bits per heavy atom. The van der Waals surface area contributed by atoms with Gasteiger partial charge in [-0.05, 0) is 79.3 Å². The molecule has 3 amide bonds. The van der Waals surface area contributed by atoms with Crippen molar-refractivity contribution in [1.29, 1.82) is 0 Å². The summed E-state index contributed by atoms with van der Waals surface area (Å²) in [6.07, 6.45) is 5.18. The van der Waals surface area contributed by atoms with Crippen LogP contribution < -0.4 is 21.1 Å². The summed E-state index contributed by atoms with van der Waals surface area (Å²) in [5, 5.41) is 6.46. The van der Waals surface area contributed by atoms with E-state index in [0.29, 0.717) is 74.8 Å². The van der Waals surface area contributed by atoms with Crippen LogP contribution in [-0.4, -0.2) is 76.7 Å². The highest BCUT2D eigenvalue weighted by atomic mass is 35.5. The number of hydrazine groups is 1. The van der Waals surface area contributed by atoms with Crippen LogP contribution in [0.3, 0.4) is 0 Å².